The van der Waals surface area contributed by atoms with Gasteiger partial charge in [-0.1, -0.05) is 36.8 Å². The molecular formula is C16H23NOS. The Bertz CT molecular complexity index is 402. The molecule has 0 bridgehead atoms. The Labute approximate surface area is 121 Å². The summed E-state index contributed by atoms with van der Waals surface area (Å²) in [5.41, 5.74) is 1.18. The van der Waals surface area contributed by atoms with Gasteiger partial charge in [0.2, 0.25) is 5.91 Å². The Kier molecular flexibility index (Phi) is 5.32. The molecule has 1 aliphatic rings. The van der Waals surface area contributed by atoms with E-state index in [2.05, 4.69) is 31.7 Å². The number of rotatable bonds is 6. The van der Waals surface area contributed by atoms with Crippen LogP contribution in [-0.4, -0.2) is 29.1 Å². The van der Waals surface area contributed by atoms with E-state index >= 15 is 0 Å². The van der Waals surface area contributed by atoms with Crippen LogP contribution in [0.25, 0.3) is 0 Å². The molecule has 1 fully saturated rings. The van der Waals surface area contributed by atoms with Gasteiger partial charge in [0.15, 0.2) is 0 Å². The quantitative estimate of drug-likeness (QED) is 0.792. The van der Waals surface area contributed by atoms with Gasteiger partial charge in [-0.2, -0.15) is 12.6 Å². The van der Waals surface area contributed by atoms with E-state index in [0.717, 1.165) is 19.0 Å². The first-order valence-corrected chi connectivity index (χ1v) is 7.73. The van der Waals surface area contributed by atoms with Crippen LogP contribution in [0.5, 0.6) is 0 Å². The molecule has 0 aromatic heterocycles. The van der Waals surface area contributed by atoms with Crippen molar-refractivity contribution in [3.8, 4) is 0 Å². The first kappa shape index (κ1) is 14.4. The molecule has 0 spiro atoms. The van der Waals surface area contributed by atoms with Crippen LogP contribution in [0.1, 0.15) is 31.7 Å². The molecule has 0 N–H and O–H groups in total. The molecule has 0 radical (unpaired) electrons. The summed E-state index contributed by atoms with van der Waals surface area (Å²) in [7, 11) is 0. The van der Waals surface area contributed by atoms with Gasteiger partial charge in [-0.3, -0.25) is 4.79 Å². The van der Waals surface area contributed by atoms with E-state index < -0.39 is 0 Å². The largest absolute Gasteiger partial charge is 0.342 e. The molecular weight excluding hydrogens is 254 g/mol. The van der Waals surface area contributed by atoms with E-state index in [1.807, 2.05) is 23.1 Å². The number of benzene rings is 1. The van der Waals surface area contributed by atoms with E-state index in [-0.39, 0.29) is 11.2 Å². The van der Waals surface area contributed by atoms with Crippen LogP contribution in [0.2, 0.25) is 0 Å². The Morgan fingerprint density at radius 1 is 1.37 bits per heavy atom. The monoisotopic (exact) mass is 277 g/mol. The summed E-state index contributed by atoms with van der Waals surface area (Å²) < 4.78 is 0. The molecule has 2 nitrogen and oxygen atoms in total. The Morgan fingerprint density at radius 3 is 2.58 bits per heavy atom. The number of hydrogen-bond acceptors (Lipinski definition) is 2. The molecule has 1 unspecified atom stereocenters. The van der Waals surface area contributed by atoms with Gasteiger partial charge in [0.05, 0.1) is 5.25 Å². The van der Waals surface area contributed by atoms with Crippen LogP contribution in [0.15, 0.2) is 30.3 Å². The highest BCUT2D eigenvalue weighted by atomic mass is 32.1. The van der Waals surface area contributed by atoms with Crippen LogP contribution >= 0.6 is 12.6 Å². The first-order chi connectivity index (χ1) is 9.20. The molecule has 19 heavy (non-hydrogen) atoms. The Hall–Kier alpha value is -0.960. The summed E-state index contributed by atoms with van der Waals surface area (Å²) in [5.74, 6) is 0.905. The van der Waals surface area contributed by atoms with Crippen molar-refractivity contribution in [2.45, 2.75) is 37.9 Å². The first-order valence-electron chi connectivity index (χ1n) is 7.21. The van der Waals surface area contributed by atoms with E-state index in [0.29, 0.717) is 6.42 Å². The highest BCUT2D eigenvalue weighted by molar-refractivity contribution is 7.81. The predicted octanol–water partition coefficient (Wildman–Crippen LogP) is 3.18. The molecule has 1 atom stereocenters. The summed E-state index contributed by atoms with van der Waals surface area (Å²) in [6, 6.07) is 10.1. The van der Waals surface area contributed by atoms with Crippen molar-refractivity contribution in [3.63, 3.8) is 0 Å². The number of nitrogens with zero attached hydrogens (tertiary/aromatic N) is 1. The van der Waals surface area contributed by atoms with Gasteiger partial charge in [-0.05, 0) is 37.7 Å². The molecule has 1 saturated carbocycles. The molecule has 0 heterocycles. The van der Waals surface area contributed by atoms with Gasteiger partial charge in [0.25, 0.3) is 0 Å². The van der Waals surface area contributed by atoms with Gasteiger partial charge < -0.3 is 4.90 Å². The van der Waals surface area contributed by atoms with E-state index in [4.69, 9.17) is 0 Å². The van der Waals surface area contributed by atoms with Gasteiger partial charge in [0.1, 0.15) is 0 Å². The molecule has 1 amide bonds. The lowest BCUT2D eigenvalue weighted by atomic mass is 9.85. The number of carbonyl (C=O) groups excluding carboxylic acids is 1. The minimum Gasteiger partial charge on any atom is -0.342 e. The maximum Gasteiger partial charge on any atom is 0.235 e. The summed E-state index contributed by atoms with van der Waals surface area (Å²) in [6.07, 6.45) is 4.59. The fourth-order valence-corrected chi connectivity index (χ4v) is 2.87. The number of carbonyl (C=O) groups is 1. The molecule has 1 aromatic rings. The van der Waals surface area contributed by atoms with Crippen LogP contribution in [-0.2, 0) is 11.2 Å². The summed E-state index contributed by atoms with van der Waals surface area (Å²) in [4.78, 5) is 14.4. The van der Waals surface area contributed by atoms with Gasteiger partial charge in [-0.25, -0.2) is 0 Å². The number of thiol groups is 1. The van der Waals surface area contributed by atoms with Crippen molar-refractivity contribution in [1.82, 2.24) is 4.90 Å². The highest BCUT2D eigenvalue weighted by Gasteiger charge is 2.25. The maximum atomic E-state index is 12.4. The fourth-order valence-electron chi connectivity index (χ4n) is 2.50. The molecule has 0 aliphatic heterocycles. The molecule has 2 rings (SSSR count). The molecule has 1 aromatic carbocycles. The predicted molar refractivity (Wildman–Crippen MR) is 82.5 cm³/mol. The third-order valence-corrected chi connectivity index (χ3v) is 4.36. The number of hydrogen-bond donors (Lipinski definition) is 1. The lowest BCUT2D eigenvalue weighted by Gasteiger charge is -2.33. The molecule has 3 heteroatoms. The summed E-state index contributed by atoms with van der Waals surface area (Å²) in [6.45, 7) is 3.77. The zero-order valence-electron chi connectivity index (χ0n) is 11.6. The smallest absolute Gasteiger partial charge is 0.235 e. The third-order valence-electron chi connectivity index (χ3n) is 3.95. The van der Waals surface area contributed by atoms with Crippen molar-refractivity contribution < 1.29 is 4.79 Å². The van der Waals surface area contributed by atoms with Crippen molar-refractivity contribution in [1.29, 1.82) is 0 Å². The third kappa shape index (κ3) is 4.00. The van der Waals surface area contributed by atoms with Crippen LogP contribution in [0.4, 0.5) is 0 Å². The number of amides is 1. The fraction of sp³-hybridized carbons (Fsp3) is 0.562. The van der Waals surface area contributed by atoms with Crippen LogP contribution in [0, 0.1) is 5.92 Å². The summed E-state index contributed by atoms with van der Waals surface area (Å²) >= 11 is 4.51. The lowest BCUT2D eigenvalue weighted by molar-refractivity contribution is -0.131. The van der Waals surface area contributed by atoms with E-state index in [9.17, 15) is 4.79 Å². The van der Waals surface area contributed by atoms with Crippen LogP contribution < -0.4 is 0 Å². The molecule has 104 valence electrons. The van der Waals surface area contributed by atoms with Crippen LogP contribution in [0.3, 0.4) is 0 Å². The van der Waals surface area contributed by atoms with E-state index in [1.165, 1.54) is 24.8 Å². The van der Waals surface area contributed by atoms with Gasteiger partial charge in [0, 0.05) is 13.1 Å². The lowest BCUT2D eigenvalue weighted by Crippen LogP contribution is -2.41. The SMILES string of the molecule is CCN(CC1CCC1)C(=O)C(S)Cc1ccccc1. The summed E-state index contributed by atoms with van der Waals surface area (Å²) in [5, 5.41) is -0.220. The average Bonchev–Trinajstić information content (AvgIpc) is 2.38. The van der Waals surface area contributed by atoms with Crippen molar-refractivity contribution in [2.75, 3.05) is 13.1 Å². The molecule has 1 aliphatic carbocycles. The molecule has 0 saturated heterocycles. The second-order valence-electron chi connectivity index (χ2n) is 5.38. The normalized spacial score (nSPS) is 16.7. The maximum absolute atomic E-state index is 12.4. The standard InChI is InChI=1S/C16H23NOS/c1-2-17(12-14-9-6-10-14)16(18)15(19)11-13-7-4-3-5-8-13/h3-5,7-8,14-15,19H,2,6,9-12H2,1H3. The zero-order chi connectivity index (χ0) is 13.7. The van der Waals surface area contributed by atoms with Crippen molar-refractivity contribution in [3.05, 3.63) is 35.9 Å². The zero-order valence-corrected chi connectivity index (χ0v) is 12.5. The Morgan fingerprint density at radius 2 is 2.05 bits per heavy atom. The highest BCUT2D eigenvalue weighted by Crippen LogP contribution is 2.27. The van der Waals surface area contributed by atoms with Crippen molar-refractivity contribution >= 4 is 18.5 Å². The minimum absolute atomic E-state index is 0.182. The average molecular weight is 277 g/mol. The minimum atomic E-state index is -0.220. The second-order valence-corrected chi connectivity index (χ2v) is 6.00. The van der Waals surface area contributed by atoms with Crippen molar-refractivity contribution in [2.24, 2.45) is 5.92 Å². The van der Waals surface area contributed by atoms with Gasteiger partial charge >= 0.3 is 0 Å². The topological polar surface area (TPSA) is 20.3 Å². The Balaban J connectivity index is 1.89. The second kappa shape index (κ2) is 6.99. The van der Waals surface area contributed by atoms with Gasteiger partial charge in [-0.15, -0.1) is 0 Å². The van der Waals surface area contributed by atoms with E-state index in [1.54, 1.807) is 0 Å².